The van der Waals surface area contributed by atoms with Gasteiger partial charge in [-0.3, -0.25) is 4.79 Å². The maximum absolute atomic E-state index is 12.4. The molecule has 8 heteroatoms. The molecule has 0 bridgehead atoms. The van der Waals surface area contributed by atoms with Crippen molar-refractivity contribution in [3.63, 3.8) is 0 Å². The van der Waals surface area contributed by atoms with Crippen molar-refractivity contribution >= 4 is 11.9 Å². The summed E-state index contributed by atoms with van der Waals surface area (Å²) in [6.07, 6.45) is -7.54. The number of halogens is 3. The standard InChI is InChI=1S/C19H18F3NO4/c1-12(17(24)23-16(18(25)26)11-19(20,21)22)27-15-9-7-14(8-10-15)13-5-3-2-4-6-13/h2-10,12,16H,11H2,1H3,(H,23,24)(H,25,26). The molecular weight excluding hydrogens is 363 g/mol. The molecular formula is C19H18F3NO4. The van der Waals surface area contributed by atoms with Crippen molar-refractivity contribution in [3.05, 3.63) is 54.6 Å². The molecule has 0 aliphatic heterocycles. The van der Waals surface area contributed by atoms with Gasteiger partial charge in [-0.25, -0.2) is 4.79 Å². The summed E-state index contributed by atoms with van der Waals surface area (Å²) in [6.45, 7) is 1.33. The van der Waals surface area contributed by atoms with Gasteiger partial charge in [-0.2, -0.15) is 13.2 Å². The Labute approximate surface area is 153 Å². The number of carbonyl (C=O) groups excluding carboxylic acids is 1. The van der Waals surface area contributed by atoms with Crippen LogP contribution >= 0.6 is 0 Å². The molecule has 0 radical (unpaired) electrons. The highest BCUT2D eigenvalue weighted by Gasteiger charge is 2.37. The third kappa shape index (κ3) is 6.32. The van der Waals surface area contributed by atoms with Gasteiger partial charge >= 0.3 is 12.1 Å². The highest BCUT2D eigenvalue weighted by Crippen LogP contribution is 2.23. The van der Waals surface area contributed by atoms with Crippen molar-refractivity contribution < 1.29 is 32.6 Å². The predicted molar refractivity (Wildman–Crippen MR) is 92.2 cm³/mol. The van der Waals surface area contributed by atoms with Gasteiger partial charge in [-0.15, -0.1) is 0 Å². The van der Waals surface area contributed by atoms with E-state index in [0.29, 0.717) is 5.75 Å². The first-order chi connectivity index (χ1) is 12.7. The Morgan fingerprint density at radius 2 is 1.59 bits per heavy atom. The average Bonchev–Trinajstić information content (AvgIpc) is 2.61. The van der Waals surface area contributed by atoms with Gasteiger partial charge in [0.15, 0.2) is 6.10 Å². The maximum atomic E-state index is 12.4. The molecule has 0 spiro atoms. The Balaban J connectivity index is 1.98. The molecule has 2 rings (SSSR count). The molecule has 1 amide bonds. The molecule has 0 aromatic heterocycles. The maximum Gasteiger partial charge on any atom is 0.391 e. The molecule has 0 heterocycles. The Bertz CT molecular complexity index is 776. The number of carboxylic acid groups (broad SMARTS) is 1. The van der Waals surface area contributed by atoms with Crippen LogP contribution in [0, 0.1) is 0 Å². The van der Waals surface area contributed by atoms with E-state index < -0.39 is 36.6 Å². The fraction of sp³-hybridized carbons (Fsp3) is 0.263. The van der Waals surface area contributed by atoms with E-state index in [9.17, 15) is 22.8 Å². The van der Waals surface area contributed by atoms with Crippen molar-refractivity contribution in [1.82, 2.24) is 5.32 Å². The van der Waals surface area contributed by atoms with Crippen LogP contribution in [0.25, 0.3) is 11.1 Å². The zero-order valence-corrected chi connectivity index (χ0v) is 14.4. The van der Waals surface area contributed by atoms with E-state index in [1.165, 1.54) is 6.92 Å². The zero-order valence-electron chi connectivity index (χ0n) is 14.4. The van der Waals surface area contributed by atoms with Crippen LogP contribution in [0.15, 0.2) is 54.6 Å². The molecule has 2 unspecified atom stereocenters. The summed E-state index contributed by atoms with van der Waals surface area (Å²) >= 11 is 0. The van der Waals surface area contributed by atoms with E-state index in [4.69, 9.17) is 9.84 Å². The lowest BCUT2D eigenvalue weighted by atomic mass is 10.1. The molecule has 0 aliphatic carbocycles. The molecule has 2 N–H and O–H groups in total. The Kier molecular flexibility index (Phi) is 6.44. The largest absolute Gasteiger partial charge is 0.481 e. The number of benzene rings is 2. The normalized spacial score (nSPS) is 13.5. The minimum atomic E-state index is -4.71. The minimum Gasteiger partial charge on any atom is -0.481 e. The number of alkyl halides is 3. The molecule has 0 fully saturated rings. The van der Waals surface area contributed by atoms with Gasteiger partial charge in [-0.05, 0) is 30.2 Å². The van der Waals surface area contributed by atoms with Crippen molar-refractivity contribution in [2.24, 2.45) is 0 Å². The first kappa shape index (κ1) is 20.3. The van der Waals surface area contributed by atoms with Crippen molar-refractivity contribution in [3.8, 4) is 16.9 Å². The summed E-state index contributed by atoms with van der Waals surface area (Å²) in [7, 11) is 0. The Morgan fingerprint density at radius 1 is 1.04 bits per heavy atom. The minimum absolute atomic E-state index is 0.333. The van der Waals surface area contributed by atoms with E-state index in [1.807, 2.05) is 35.6 Å². The van der Waals surface area contributed by atoms with Crippen molar-refractivity contribution in [2.75, 3.05) is 0 Å². The lowest BCUT2D eigenvalue weighted by Gasteiger charge is -2.20. The second kappa shape index (κ2) is 8.57. The van der Waals surface area contributed by atoms with Gasteiger partial charge < -0.3 is 15.2 Å². The number of rotatable bonds is 7. The lowest BCUT2D eigenvalue weighted by Crippen LogP contribution is -2.48. The Morgan fingerprint density at radius 3 is 2.11 bits per heavy atom. The van der Waals surface area contributed by atoms with Crippen LogP contribution in [0.2, 0.25) is 0 Å². The summed E-state index contributed by atoms with van der Waals surface area (Å²) in [4.78, 5) is 22.9. The number of hydrogen-bond acceptors (Lipinski definition) is 3. The molecule has 2 atom stereocenters. The van der Waals surface area contributed by atoms with Gasteiger partial charge in [0.1, 0.15) is 11.8 Å². The highest BCUT2D eigenvalue weighted by atomic mass is 19.4. The van der Waals surface area contributed by atoms with Crippen LogP contribution in [0.5, 0.6) is 5.75 Å². The molecule has 144 valence electrons. The van der Waals surface area contributed by atoms with Gasteiger partial charge in [0.2, 0.25) is 0 Å². The van der Waals surface area contributed by atoms with E-state index in [0.717, 1.165) is 11.1 Å². The third-order valence-electron chi connectivity index (χ3n) is 3.69. The van der Waals surface area contributed by atoms with Gasteiger partial charge in [0, 0.05) is 0 Å². The number of carbonyl (C=O) groups is 2. The third-order valence-corrected chi connectivity index (χ3v) is 3.69. The van der Waals surface area contributed by atoms with E-state index in [-0.39, 0.29) is 0 Å². The number of nitrogens with one attached hydrogen (secondary N) is 1. The number of amides is 1. The summed E-state index contributed by atoms with van der Waals surface area (Å²) in [5.41, 5.74) is 1.92. The van der Waals surface area contributed by atoms with Gasteiger partial charge in [0.25, 0.3) is 5.91 Å². The quantitative estimate of drug-likeness (QED) is 0.768. The average molecular weight is 381 g/mol. The van der Waals surface area contributed by atoms with E-state index in [2.05, 4.69) is 0 Å². The first-order valence-corrected chi connectivity index (χ1v) is 8.08. The fourth-order valence-electron chi connectivity index (χ4n) is 2.33. The molecule has 2 aromatic carbocycles. The van der Waals surface area contributed by atoms with Gasteiger partial charge in [0.05, 0.1) is 6.42 Å². The second-order valence-electron chi connectivity index (χ2n) is 5.87. The molecule has 0 aliphatic rings. The predicted octanol–water partition coefficient (Wildman–Crippen LogP) is 3.64. The molecule has 27 heavy (non-hydrogen) atoms. The molecule has 0 saturated carbocycles. The van der Waals surface area contributed by atoms with Crippen LogP contribution in [-0.2, 0) is 9.59 Å². The first-order valence-electron chi connectivity index (χ1n) is 8.08. The van der Waals surface area contributed by atoms with Crippen molar-refractivity contribution in [1.29, 1.82) is 0 Å². The molecule has 0 saturated heterocycles. The monoisotopic (exact) mass is 381 g/mol. The van der Waals surface area contributed by atoms with Crippen LogP contribution in [0.1, 0.15) is 13.3 Å². The number of ether oxygens (including phenoxy) is 1. The summed E-state index contributed by atoms with van der Waals surface area (Å²) in [5, 5.41) is 10.7. The van der Waals surface area contributed by atoms with Crippen LogP contribution in [0.3, 0.4) is 0 Å². The number of aliphatic carboxylic acids is 1. The molecule has 5 nitrogen and oxygen atoms in total. The fourth-order valence-corrected chi connectivity index (χ4v) is 2.33. The van der Waals surface area contributed by atoms with Crippen LogP contribution in [-0.4, -0.2) is 35.3 Å². The number of carboxylic acids is 1. The Hall–Kier alpha value is -3.03. The lowest BCUT2D eigenvalue weighted by molar-refractivity contribution is -0.160. The van der Waals surface area contributed by atoms with Crippen molar-refractivity contribution in [2.45, 2.75) is 31.7 Å². The van der Waals surface area contributed by atoms with Gasteiger partial charge in [-0.1, -0.05) is 42.5 Å². The van der Waals surface area contributed by atoms with Crippen LogP contribution in [0.4, 0.5) is 13.2 Å². The summed E-state index contributed by atoms with van der Waals surface area (Å²) in [5.74, 6) is -2.38. The summed E-state index contributed by atoms with van der Waals surface area (Å²) in [6, 6.07) is 14.3. The molecule has 2 aromatic rings. The van der Waals surface area contributed by atoms with Crippen LogP contribution < -0.4 is 10.1 Å². The topological polar surface area (TPSA) is 75.6 Å². The second-order valence-corrected chi connectivity index (χ2v) is 5.87. The highest BCUT2D eigenvalue weighted by molar-refractivity contribution is 5.86. The van der Waals surface area contributed by atoms with E-state index >= 15 is 0 Å². The SMILES string of the molecule is CC(Oc1ccc(-c2ccccc2)cc1)C(=O)NC(CC(F)(F)F)C(=O)O. The zero-order chi connectivity index (χ0) is 20.0. The smallest absolute Gasteiger partial charge is 0.391 e. The summed E-state index contributed by atoms with van der Waals surface area (Å²) < 4.78 is 42.6. The van der Waals surface area contributed by atoms with E-state index in [1.54, 1.807) is 24.3 Å². The number of hydrogen-bond donors (Lipinski definition) is 2.